The second-order valence-corrected chi connectivity index (χ2v) is 8.33. The van der Waals surface area contributed by atoms with Crippen LogP contribution in [0.15, 0.2) is 54.1 Å². The van der Waals surface area contributed by atoms with E-state index in [4.69, 9.17) is 4.74 Å². The smallest absolute Gasteiger partial charge is 0.193 e. The Morgan fingerprint density at radius 2 is 1.90 bits per heavy atom. The van der Waals surface area contributed by atoms with Gasteiger partial charge in [0.25, 0.3) is 0 Å². The van der Waals surface area contributed by atoms with Gasteiger partial charge in [0.15, 0.2) is 5.78 Å². The van der Waals surface area contributed by atoms with E-state index < -0.39 is 5.78 Å². The summed E-state index contributed by atoms with van der Waals surface area (Å²) in [4.78, 5) is 12.9. The van der Waals surface area contributed by atoms with Gasteiger partial charge >= 0.3 is 0 Å². The van der Waals surface area contributed by atoms with E-state index in [1.807, 2.05) is 30.3 Å². The lowest BCUT2D eigenvalue weighted by Gasteiger charge is -2.34. The molecule has 30 heavy (non-hydrogen) atoms. The van der Waals surface area contributed by atoms with Crippen molar-refractivity contribution in [1.82, 2.24) is 0 Å². The fourth-order valence-electron chi connectivity index (χ4n) is 4.33. The monoisotopic (exact) mass is 406 g/mol. The third-order valence-corrected chi connectivity index (χ3v) is 5.96. The molecule has 0 amide bonds. The second-order valence-electron chi connectivity index (χ2n) is 8.33. The number of ether oxygens (including phenoxy) is 1. The molecule has 0 radical (unpaired) electrons. The van der Waals surface area contributed by atoms with Crippen molar-refractivity contribution in [2.45, 2.75) is 39.5 Å². The van der Waals surface area contributed by atoms with E-state index in [-0.39, 0.29) is 23.0 Å². The minimum Gasteiger partial charge on any atom is -0.507 e. The zero-order valence-corrected chi connectivity index (χ0v) is 18.1. The van der Waals surface area contributed by atoms with Crippen LogP contribution in [0, 0.1) is 11.8 Å². The first-order valence-corrected chi connectivity index (χ1v) is 10.4. The summed E-state index contributed by atoms with van der Waals surface area (Å²) >= 11 is 0. The predicted molar refractivity (Wildman–Crippen MR) is 120 cm³/mol. The lowest BCUT2D eigenvalue weighted by Crippen LogP contribution is -2.22. The van der Waals surface area contributed by atoms with Gasteiger partial charge in [-0.15, -0.1) is 0 Å². The van der Waals surface area contributed by atoms with Crippen LogP contribution < -0.4 is 4.74 Å². The molecule has 158 valence electrons. The number of hydrogen-bond donors (Lipinski definition) is 2. The van der Waals surface area contributed by atoms with Crippen LogP contribution >= 0.6 is 0 Å². The minimum atomic E-state index is -0.449. The van der Waals surface area contributed by atoms with Crippen molar-refractivity contribution in [3.05, 3.63) is 70.8 Å². The van der Waals surface area contributed by atoms with Crippen molar-refractivity contribution in [1.29, 1.82) is 0 Å². The van der Waals surface area contributed by atoms with Gasteiger partial charge < -0.3 is 14.9 Å². The summed E-state index contributed by atoms with van der Waals surface area (Å²) in [6.07, 6.45) is 7.24. The zero-order valence-electron chi connectivity index (χ0n) is 18.1. The van der Waals surface area contributed by atoms with E-state index in [2.05, 4.69) is 26.8 Å². The highest BCUT2D eigenvalue weighted by atomic mass is 16.5. The van der Waals surface area contributed by atoms with Crippen LogP contribution in [-0.4, -0.2) is 23.1 Å². The molecule has 0 spiro atoms. The van der Waals surface area contributed by atoms with Crippen LogP contribution in [0.1, 0.15) is 61.0 Å². The van der Waals surface area contributed by atoms with Gasteiger partial charge in [0, 0.05) is 17.5 Å². The number of aromatic hydroxyl groups is 2. The Morgan fingerprint density at radius 3 is 2.53 bits per heavy atom. The van der Waals surface area contributed by atoms with Gasteiger partial charge in [0.1, 0.15) is 22.8 Å². The molecule has 2 N–H and O–H groups in total. The molecule has 1 aliphatic rings. The number of methoxy groups -OCH3 is 1. The van der Waals surface area contributed by atoms with E-state index in [9.17, 15) is 15.0 Å². The first kappa shape index (κ1) is 21.7. The Hall–Kier alpha value is -3.01. The number of phenols is 2. The van der Waals surface area contributed by atoms with Gasteiger partial charge in [-0.3, -0.25) is 4.79 Å². The SMILES string of the molecule is COc1cc(O)c(C(=O)/C=C/c2ccccc2)c(O)c1C1C=C(C)CCC1C(C)C. The average Bonchev–Trinajstić information content (AvgIpc) is 2.72. The van der Waals surface area contributed by atoms with Crippen LogP contribution in [0.25, 0.3) is 6.08 Å². The van der Waals surface area contributed by atoms with Gasteiger partial charge in [0.2, 0.25) is 0 Å². The van der Waals surface area contributed by atoms with Crippen LogP contribution in [-0.2, 0) is 0 Å². The highest BCUT2D eigenvalue weighted by Crippen LogP contribution is 2.49. The molecule has 2 atom stereocenters. The summed E-state index contributed by atoms with van der Waals surface area (Å²) in [6, 6.07) is 10.9. The van der Waals surface area contributed by atoms with Crippen molar-refractivity contribution in [3.63, 3.8) is 0 Å². The lowest BCUT2D eigenvalue weighted by molar-refractivity contribution is 0.104. The number of allylic oxidation sites excluding steroid dienone is 3. The van der Waals surface area contributed by atoms with Crippen molar-refractivity contribution < 1.29 is 19.7 Å². The Balaban J connectivity index is 2.09. The van der Waals surface area contributed by atoms with E-state index in [1.165, 1.54) is 24.8 Å². The van der Waals surface area contributed by atoms with E-state index in [0.717, 1.165) is 18.4 Å². The maximum atomic E-state index is 12.9. The summed E-state index contributed by atoms with van der Waals surface area (Å²) in [6.45, 7) is 6.43. The molecule has 0 bridgehead atoms. The van der Waals surface area contributed by atoms with Crippen molar-refractivity contribution in [3.8, 4) is 17.2 Å². The topological polar surface area (TPSA) is 66.8 Å². The van der Waals surface area contributed by atoms with Gasteiger partial charge in [-0.1, -0.05) is 61.9 Å². The van der Waals surface area contributed by atoms with Crippen molar-refractivity contribution >= 4 is 11.9 Å². The molecular formula is C26H30O4. The number of rotatable bonds is 6. The third kappa shape index (κ3) is 4.43. The van der Waals surface area contributed by atoms with E-state index in [0.29, 0.717) is 23.1 Å². The molecule has 4 heteroatoms. The number of benzene rings is 2. The standard InChI is InChI=1S/C26H30O4/c1-16(2)19-12-10-17(3)14-20(19)24-23(30-4)15-22(28)25(26(24)29)21(27)13-11-18-8-6-5-7-9-18/h5-9,11,13-16,19-20,28-29H,10,12H2,1-4H3/b13-11+. The number of hydrogen-bond acceptors (Lipinski definition) is 4. The Kier molecular flexibility index (Phi) is 6.66. The predicted octanol–water partition coefficient (Wildman–Crippen LogP) is 6.10. The quantitative estimate of drug-likeness (QED) is 0.346. The maximum absolute atomic E-state index is 12.9. The molecule has 2 aromatic rings. The molecular weight excluding hydrogens is 376 g/mol. The van der Waals surface area contributed by atoms with Crippen LogP contribution in [0.3, 0.4) is 0 Å². The van der Waals surface area contributed by atoms with Crippen LogP contribution in [0.5, 0.6) is 17.2 Å². The number of carbonyl (C=O) groups excluding carboxylic acids is 1. The Labute approximate surface area is 178 Å². The zero-order chi connectivity index (χ0) is 21.8. The largest absolute Gasteiger partial charge is 0.507 e. The van der Waals surface area contributed by atoms with Crippen molar-refractivity contribution in [2.75, 3.05) is 7.11 Å². The molecule has 2 unspecified atom stereocenters. The van der Waals surface area contributed by atoms with E-state index >= 15 is 0 Å². The Morgan fingerprint density at radius 1 is 1.20 bits per heavy atom. The lowest BCUT2D eigenvalue weighted by atomic mass is 9.71. The van der Waals surface area contributed by atoms with E-state index in [1.54, 1.807) is 6.08 Å². The summed E-state index contributed by atoms with van der Waals surface area (Å²) < 4.78 is 5.51. The molecule has 1 aliphatic carbocycles. The number of phenolic OH excluding ortho intramolecular Hbond substituents is 2. The van der Waals surface area contributed by atoms with Gasteiger partial charge in [-0.05, 0) is 43.2 Å². The molecule has 4 nitrogen and oxygen atoms in total. The van der Waals surface area contributed by atoms with Gasteiger partial charge in [0.05, 0.1) is 7.11 Å². The molecule has 0 saturated carbocycles. The highest BCUT2D eigenvalue weighted by molar-refractivity contribution is 6.11. The second kappa shape index (κ2) is 9.21. The maximum Gasteiger partial charge on any atom is 0.193 e. The summed E-state index contributed by atoms with van der Waals surface area (Å²) in [5, 5.41) is 21.7. The minimum absolute atomic E-state index is 0.0843. The molecule has 0 aliphatic heterocycles. The van der Waals surface area contributed by atoms with Crippen LogP contribution in [0.4, 0.5) is 0 Å². The summed E-state index contributed by atoms with van der Waals surface area (Å²) in [5.74, 6) is 0.0873. The first-order chi connectivity index (χ1) is 14.3. The normalized spacial score (nSPS) is 19.2. The van der Waals surface area contributed by atoms with Crippen molar-refractivity contribution in [2.24, 2.45) is 11.8 Å². The molecule has 0 aromatic heterocycles. The highest BCUT2D eigenvalue weighted by Gasteiger charge is 2.34. The van der Waals surface area contributed by atoms with Crippen LogP contribution in [0.2, 0.25) is 0 Å². The first-order valence-electron chi connectivity index (χ1n) is 10.4. The molecule has 3 rings (SSSR count). The molecule has 2 aromatic carbocycles. The molecule has 0 heterocycles. The summed E-state index contributed by atoms with van der Waals surface area (Å²) in [7, 11) is 1.51. The molecule has 0 saturated heterocycles. The number of carbonyl (C=O) groups is 1. The fraction of sp³-hybridized carbons (Fsp3) is 0.346. The average molecular weight is 407 g/mol. The third-order valence-electron chi connectivity index (χ3n) is 5.96. The Bertz CT molecular complexity index is 970. The van der Waals surface area contributed by atoms with Gasteiger partial charge in [-0.25, -0.2) is 0 Å². The molecule has 0 fully saturated rings. The number of ketones is 1. The fourth-order valence-corrected chi connectivity index (χ4v) is 4.33. The summed E-state index contributed by atoms with van der Waals surface area (Å²) in [5.41, 5.74) is 2.61. The van der Waals surface area contributed by atoms with Gasteiger partial charge in [-0.2, -0.15) is 0 Å².